The molecule has 2 nitrogen and oxygen atoms in total. The molecule has 0 amide bonds. The van der Waals surface area contributed by atoms with Crippen molar-refractivity contribution in [1.29, 1.82) is 0 Å². The lowest BCUT2D eigenvalue weighted by Gasteiger charge is -2.11. The van der Waals surface area contributed by atoms with Crippen LogP contribution in [0.1, 0.15) is 25.8 Å². The molecule has 0 aliphatic heterocycles. The van der Waals surface area contributed by atoms with Crippen LogP contribution in [0.3, 0.4) is 0 Å². The van der Waals surface area contributed by atoms with E-state index >= 15 is 0 Å². The molecule has 1 rings (SSSR count). The Morgan fingerprint density at radius 3 is 2.67 bits per heavy atom. The average molecular weight is 273 g/mol. The SMILES string of the molecule is CCC(C)OCc1ccc(OC)c(Br)c1. The van der Waals surface area contributed by atoms with E-state index in [1.165, 1.54) is 0 Å². The molecule has 0 bridgehead atoms. The van der Waals surface area contributed by atoms with Crippen molar-refractivity contribution < 1.29 is 9.47 Å². The Morgan fingerprint density at radius 2 is 2.13 bits per heavy atom. The minimum absolute atomic E-state index is 0.311. The first-order valence-electron chi connectivity index (χ1n) is 5.11. The van der Waals surface area contributed by atoms with E-state index in [2.05, 4.69) is 29.8 Å². The van der Waals surface area contributed by atoms with Crippen LogP contribution in [-0.2, 0) is 11.3 Å². The number of hydrogen-bond acceptors (Lipinski definition) is 2. The van der Waals surface area contributed by atoms with E-state index in [1.54, 1.807) is 7.11 Å². The number of halogens is 1. The molecule has 0 aromatic heterocycles. The standard InChI is InChI=1S/C12H17BrO2/c1-4-9(2)15-8-10-5-6-12(14-3)11(13)7-10/h5-7,9H,4,8H2,1-3H3. The smallest absolute Gasteiger partial charge is 0.133 e. The van der Waals surface area contributed by atoms with Gasteiger partial charge in [0.15, 0.2) is 0 Å². The molecule has 0 N–H and O–H groups in total. The number of methoxy groups -OCH3 is 1. The molecule has 0 radical (unpaired) electrons. The van der Waals surface area contributed by atoms with Gasteiger partial charge in [0.05, 0.1) is 24.3 Å². The summed E-state index contributed by atoms with van der Waals surface area (Å²) in [6.45, 7) is 4.85. The summed E-state index contributed by atoms with van der Waals surface area (Å²) in [5, 5.41) is 0. The number of ether oxygens (including phenoxy) is 2. The van der Waals surface area contributed by atoms with Gasteiger partial charge < -0.3 is 9.47 Å². The minimum Gasteiger partial charge on any atom is -0.496 e. The summed E-state index contributed by atoms with van der Waals surface area (Å²) in [7, 11) is 1.66. The van der Waals surface area contributed by atoms with Crippen molar-refractivity contribution in [1.82, 2.24) is 0 Å². The molecule has 1 unspecified atom stereocenters. The van der Waals surface area contributed by atoms with Crippen LogP contribution in [0.2, 0.25) is 0 Å². The van der Waals surface area contributed by atoms with Crippen LogP contribution in [-0.4, -0.2) is 13.2 Å². The third-order valence-electron chi connectivity index (χ3n) is 2.33. The van der Waals surface area contributed by atoms with Gasteiger partial charge in [-0.2, -0.15) is 0 Å². The fourth-order valence-electron chi connectivity index (χ4n) is 1.16. The highest BCUT2D eigenvalue weighted by Crippen LogP contribution is 2.25. The molecule has 0 saturated carbocycles. The Kier molecular flexibility index (Phi) is 5.12. The highest BCUT2D eigenvalue weighted by Gasteiger charge is 2.03. The first-order valence-corrected chi connectivity index (χ1v) is 5.90. The molecule has 1 aromatic rings. The molecule has 84 valence electrons. The highest BCUT2D eigenvalue weighted by molar-refractivity contribution is 9.10. The zero-order valence-electron chi connectivity index (χ0n) is 9.42. The van der Waals surface area contributed by atoms with Crippen molar-refractivity contribution in [3.8, 4) is 5.75 Å². The first kappa shape index (κ1) is 12.5. The van der Waals surface area contributed by atoms with Crippen LogP contribution in [0.25, 0.3) is 0 Å². The first-order chi connectivity index (χ1) is 7.17. The molecule has 1 aromatic carbocycles. The van der Waals surface area contributed by atoms with E-state index in [0.29, 0.717) is 12.7 Å². The van der Waals surface area contributed by atoms with Gasteiger partial charge >= 0.3 is 0 Å². The van der Waals surface area contributed by atoms with Crippen molar-refractivity contribution in [3.63, 3.8) is 0 Å². The van der Waals surface area contributed by atoms with Gasteiger partial charge in [-0.15, -0.1) is 0 Å². The van der Waals surface area contributed by atoms with Gasteiger partial charge in [0.1, 0.15) is 5.75 Å². The second-order valence-corrected chi connectivity index (χ2v) is 4.35. The molecule has 0 spiro atoms. The Balaban J connectivity index is 2.59. The van der Waals surface area contributed by atoms with Gasteiger partial charge in [-0.1, -0.05) is 13.0 Å². The van der Waals surface area contributed by atoms with E-state index in [9.17, 15) is 0 Å². The minimum atomic E-state index is 0.311. The Morgan fingerprint density at radius 1 is 1.40 bits per heavy atom. The summed E-state index contributed by atoms with van der Waals surface area (Å²) < 4.78 is 11.8. The summed E-state index contributed by atoms with van der Waals surface area (Å²) in [6.07, 6.45) is 1.35. The largest absolute Gasteiger partial charge is 0.496 e. The molecule has 1 atom stereocenters. The molecule has 15 heavy (non-hydrogen) atoms. The molecular weight excluding hydrogens is 256 g/mol. The molecule has 0 heterocycles. The summed E-state index contributed by atoms with van der Waals surface area (Å²) in [4.78, 5) is 0. The van der Waals surface area contributed by atoms with E-state index in [4.69, 9.17) is 9.47 Å². The summed E-state index contributed by atoms with van der Waals surface area (Å²) in [5.41, 5.74) is 1.16. The van der Waals surface area contributed by atoms with Gasteiger partial charge in [0.2, 0.25) is 0 Å². The number of hydrogen-bond donors (Lipinski definition) is 0. The molecular formula is C12H17BrO2. The van der Waals surface area contributed by atoms with Gasteiger partial charge in [-0.25, -0.2) is 0 Å². The van der Waals surface area contributed by atoms with Crippen molar-refractivity contribution in [2.24, 2.45) is 0 Å². The van der Waals surface area contributed by atoms with E-state index in [-0.39, 0.29) is 0 Å². The lowest BCUT2D eigenvalue weighted by Crippen LogP contribution is -2.06. The van der Waals surface area contributed by atoms with E-state index < -0.39 is 0 Å². The second kappa shape index (κ2) is 6.13. The van der Waals surface area contributed by atoms with E-state index in [1.807, 2.05) is 18.2 Å². The fourth-order valence-corrected chi connectivity index (χ4v) is 1.74. The van der Waals surface area contributed by atoms with Crippen molar-refractivity contribution >= 4 is 15.9 Å². The Labute approximate surface area is 99.7 Å². The molecule has 0 saturated heterocycles. The lowest BCUT2D eigenvalue weighted by atomic mass is 10.2. The molecule has 0 aliphatic rings. The van der Waals surface area contributed by atoms with Crippen LogP contribution in [0.15, 0.2) is 22.7 Å². The topological polar surface area (TPSA) is 18.5 Å². The van der Waals surface area contributed by atoms with Crippen LogP contribution in [0.5, 0.6) is 5.75 Å². The summed E-state index contributed by atoms with van der Waals surface area (Å²) in [5.74, 6) is 0.849. The molecule has 0 fully saturated rings. The zero-order chi connectivity index (χ0) is 11.3. The van der Waals surface area contributed by atoms with Gasteiger partial charge in [0, 0.05) is 0 Å². The van der Waals surface area contributed by atoms with Gasteiger partial charge in [0.25, 0.3) is 0 Å². The van der Waals surface area contributed by atoms with Crippen molar-refractivity contribution in [3.05, 3.63) is 28.2 Å². The predicted octanol–water partition coefficient (Wildman–Crippen LogP) is 3.77. The van der Waals surface area contributed by atoms with Crippen molar-refractivity contribution in [2.45, 2.75) is 33.0 Å². The maximum absolute atomic E-state index is 5.64. The van der Waals surface area contributed by atoms with E-state index in [0.717, 1.165) is 22.2 Å². The van der Waals surface area contributed by atoms with Crippen LogP contribution < -0.4 is 4.74 Å². The zero-order valence-corrected chi connectivity index (χ0v) is 11.0. The second-order valence-electron chi connectivity index (χ2n) is 3.50. The molecule has 3 heteroatoms. The van der Waals surface area contributed by atoms with Crippen LogP contribution >= 0.6 is 15.9 Å². The number of rotatable bonds is 5. The van der Waals surface area contributed by atoms with Crippen molar-refractivity contribution in [2.75, 3.05) is 7.11 Å². The van der Waals surface area contributed by atoms with Crippen LogP contribution in [0.4, 0.5) is 0 Å². The van der Waals surface area contributed by atoms with Gasteiger partial charge in [-0.05, 0) is 47.0 Å². The fraction of sp³-hybridized carbons (Fsp3) is 0.500. The lowest BCUT2D eigenvalue weighted by molar-refractivity contribution is 0.0508. The predicted molar refractivity (Wildman–Crippen MR) is 65.2 cm³/mol. The highest BCUT2D eigenvalue weighted by atomic mass is 79.9. The maximum atomic E-state index is 5.64. The third kappa shape index (κ3) is 3.84. The van der Waals surface area contributed by atoms with Gasteiger partial charge in [-0.3, -0.25) is 0 Å². The summed E-state index contributed by atoms with van der Waals surface area (Å²) in [6, 6.07) is 5.99. The quantitative estimate of drug-likeness (QED) is 0.813. The van der Waals surface area contributed by atoms with Crippen LogP contribution in [0, 0.1) is 0 Å². The summed E-state index contributed by atoms with van der Waals surface area (Å²) >= 11 is 3.45. The Bertz CT molecular complexity index is 312. The average Bonchev–Trinajstić information content (AvgIpc) is 2.26. The third-order valence-corrected chi connectivity index (χ3v) is 2.95. The maximum Gasteiger partial charge on any atom is 0.133 e. The molecule has 0 aliphatic carbocycles. The number of benzene rings is 1. The monoisotopic (exact) mass is 272 g/mol. The normalized spacial score (nSPS) is 12.5. The Hall–Kier alpha value is -0.540.